The Labute approximate surface area is 128 Å². The Hall–Kier alpha value is -1.93. The standard InChI is InChI=1S/C13H12N2O4S2/c1-7-10(5-11(16)17)21-13(15-7)20-6-9-8(12(18)19)3-2-4-14-9/h2-4H,5-6H2,1H3,(H,16,17)(H,18,19). The van der Waals surface area contributed by atoms with Crippen molar-refractivity contribution < 1.29 is 19.8 Å². The molecule has 0 amide bonds. The minimum Gasteiger partial charge on any atom is -0.481 e. The number of thioether (sulfide) groups is 1. The maximum absolute atomic E-state index is 11.1. The fraction of sp³-hybridized carbons (Fsp3) is 0.231. The van der Waals surface area contributed by atoms with Gasteiger partial charge in [-0.25, -0.2) is 9.78 Å². The van der Waals surface area contributed by atoms with Gasteiger partial charge in [-0.15, -0.1) is 11.3 Å². The number of aryl methyl sites for hydroxylation is 1. The summed E-state index contributed by atoms with van der Waals surface area (Å²) in [5, 5.41) is 17.9. The molecule has 0 saturated carbocycles. The Balaban J connectivity index is 2.10. The predicted octanol–water partition coefficient (Wildman–Crippen LogP) is 2.46. The molecule has 0 spiro atoms. The van der Waals surface area contributed by atoms with Crippen molar-refractivity contribution in [2.75, 3.05) is 0 Å². The summed E-state index contributed by atoms with van der Waals surface area (Å²) in [7, 11) is 0. The number of hydrogen-bond acceptors (Lipinski definition) is 6. The average Bonchev–Trinajstić information content (AvgIpc) is 2.76. The van der Waals surface area contributed by atoms with E-state index in [1.807, 2.05) is 0 Å². The number of thiazole rings is 1. The average molecular weight is 324 g/mol. The highest BCUT2D eigenvalue weighted by atomic mass is 32.2. The van der Waals surface area contributed by atoms with Crippen LogP contribution >= 0.6 is 23.1 Å². The fourth-order valence-corrected chi connectivity index (χ4v) is 3.83. The van der Waals surface area contributed by atoms with Crippen LogP contribution in [0.15, 0.2) is 22.7 Å². The maximum atomic E-state index is 11.1. The second-order valence-electron chi connectivity index (χ2n) is 4.15. The fourth-order valence-electron chi connectivity index (χ4n) is 1.64. The number of carbonyl (C=O) groups is 2. The van der Waals surface area contributed by atoms with Gasteiger partial charge in [0.05, 0.1) is 23.4 Å². The molecule has 2 N–H and O–H groups in total. The summed E-state index contributed by atoms with van der Waals surface area (Å²) >= 11 is 2.67. The SMILES string of the molecule is Cc1nc(SCc2ncccc2C(=O)O)sc1CC(=O)O. The van der Waals surface area contributed by atoms with E-state index in [0.29, 0.717) is 26.4 Å². The maximum Gasteiger partial charge on any atom is 0.337 e. The molecule has 0 radical (unpaired) electrons. The minimum absolute atomic E-state index is 0.0476. The van der Waals surface area contributed by atoms with Crippen LogP contribution in [0.25, 0.3) is 0 Å². The molecule has 0 bridgehead atoms. The van der Waals surface area contributed by atoms with Crippen LogP contribution in [0.3, 0.4) is 0 Å². The molecule has 0 aliphatic rings. The normalized spacial score (nSPS) is 10.5. The highest BCUT2D eigenvalue weighted by Crippen LogP contribution is 2.30. The number of carboxylic acid groups (broad SMARTS) is 2. The molecular weight excluding hydrogens is 312 g/mol. The zero-order chi connectivity index (χ0) is 15.4. The molecule has 0 unspecified atom stereocenters. The molecule has 8 heteroatoms. The van der Waals surface area contributed by atoms with Gasteiger partial charge in [0.15, 0.2) is 4.34 Å². The lowest BCUT2D eigenvalue weighted by atomic mass is 10.2. The van der Waals surface area contributed by atoms with Crippen LogP contribution in [0.2, 0.25) is 0 Å². The van der Waals surface area contributed by atoms with E-state index in [1.54, 1.807) is 19.2 Å². The van der Waals surface area contributed by atoms with Gasteiger partial charge >= 0.3 is 11.9 Å². The molecule has 2 heterocycles. The van der Waals surface area contributed by atoms with Crippen LogP contribution in [0.1, 0.15) is 26.6 Å². The van der Waals surface area contributed by atoms with Crippen LogP contribution in [-0.2, 0) is 17.0 Å². The van der Waals surface area contributed by atoms with Crippen molar-refractivity contribution in [1.29, 1.82) is 0 Å². The zero-order valence-electron chi connectivity index (χ0n) is 11.1. The molecule has 6 nitrogen and oxygen atoms in total. The van der Waals surface area contributed by atoms with E-state index in [-0.39, 0.29) is 12.0 Å². The Morgan fingerprint density at radius 2 is 2.14 bits per heavy atom. The first-order chi connectivity index (χ1) is 9.97. The number of hydrogen-bond donors (Lipinski definition) is 2. The second kappa shape index (κ2) is 6.68. The summed E-state index contributed by atoms with van der Waals surface area (Å²) < 4.78 is 0.714. The molecule has 0 atom stereocenters. The van der Waals surface area contributed by atoms with E-state index < -0.39 is 11.9 Å². The van der Waals surface area contributed by atoms with Crippen LogP contribution in [0.4, 0.5) is 0 Å². The molecule has 0 fully saturated rings. The van der Waals surface area contributed by atoms with E-state index in [0.717, 1.165) is 0 Å². The largest absolute Gasteiger partial charge is 0.481 e. The third kappa shape index (κ3) is 4.02. The van der Waals surface area contributed by atoms with Crippen molar-refractivity contribution in [3.8, 4) is 0 Å². The monoisotopic (exact) mass is 324 g/mol. The van der Waals surface area contributed by atoms with Gasteiger partial charge in [-0.2, -0.15) is 0 Å². The van der Waals surface area contributed by atoms with Gasteiger partial charge in [-0.1, -0.05) is 11.8 Å². The topological polar surface area (TPSA) is 100 Å². The number of pyridine rings is 1. The van der Waals surface area contributed by atoms with E-state index in [2.05, 4.69) is 9.97 Å². The quantitative estimate of drug-likeness (QED) is 0.787. The molecular formula is C13H12N2O4S2. The zero-order valence-corrected chi connectivity index (χ0v) is 12.7. The van der Waals surface area contributed by atoms with Gasteiger partial charge in [0.1, 0.15) is 0 Å². The number of aromatic nitrogens is 2. The van der Waals surface area contributed by atoms with Crippen molar-refractivity contribution in [3.05, 3.63) is 40.2 Å². The van der Waals surface area contributed by atoms with Gasteiger partial charge in [0.2, 0.25) is 0 Å². The van der Waals surface area contributed by atoms with E-state index in [9.17, 15) is 9.59 Å². The van der Waals surface area contributed by atoms with Gasteiger partial charge in [0.25, 0.3) is 0 Å². The van der Waals surface area contributed by atoms with Crippen molar-refractivity contribution >= 4 is 35.0 Å². The van der Waals surface area contributed by atoms with E-state index in [1.165, 1.54) is 29.2 Å². The van der Waals surface area contributed by atoms with Crippen LogP contribution in [0.5, 0.6) is 0 Å². The first-order valence-corrected chi connectivity index (χ1v) is 7.75. The number of carboxylic acids is 2. The summed E-state index contributed by atoms with van der Waals surface area (Å²) in [5.41, 5.74) is 1.34. The lowest BCUT2D eigenvalue weighted by Gasteiger charge is -2.02. The van der Waals surface area contributed by atoms with Crippen molar-refractivity contribution in [2.45, 2.75) is 23.4 Å². The van der Waals surface area contributed by atoms with Gasteiger partial charge < -0.3 is 10.2 Å². The van der Waals surface area contributed by atoms with E-state index in [4.69, 9.17) is 10.2 Å². The third-order valence-electron chi connectivity index (χ3n) is 2.64. The molecule has 2 aromatic rings. The van der Waals surface area contributed by atoms with Gasteiger partial charge in [0, 0.05) is 16.8 Å². The summed E-state index contributed by atoms with van der Waals surface area (Å²) in [5.74, 6) is -1.53. The summed E-state index contributed by atoms with van der Waals surface area (Å²) in [6.07, 6.45) is 1.50. The molecule has 0 aliphatic carbocycles. The molecule has 0 aromatic carbocycles. The minimum atomic E-state index is -1.01. The van der Waals surface area contributed by atoms with Crippen LogP contribution in [0, 0.1) is 6.92 Å². The Bertz CT molecular complexity index is 685. The van der Waals surface area contributed by atoms with Crippen LogP contribution < -0.4 is 0 Å². The van der Waals surface area contributed by atoms with Gasteiger partial charge in [-0.3, -0.25) is 9.78 Å². The van der Waals surface area contributed by atoms with Gasteiger partial charge in [-0.05, 0) is 19.1 Å². The molecule has 0 aliphatic heterocycles. The van der Waals surface area contributed by atoms with Crippen molar-refractivity contribution in [1.82, 2.24) is 9.97 Å². The summed E-state index contributed by atoms with van der Waals surface area (Å²) in [6.45, 7) is 1.77. The Morgan fingerprint density at radius 1 is 1.38 bits per heavy atom. The number of nitrogens with zero attached hydrogens (tertiary/aromatic N) is 2. The Morgan fingerprint density at radius 3 is 2.81 bits per heavy atom. The first-order valence-electron chi connectivity index (χ1n) is 5.95. The summed E-state index contributed by atoms with van der Waals surface area (Å²) in [6, 6.07) is 3.09. The predicted molar refractivity (Wildman–Crippen MR) is 78.9 cm³/mol. The van der Waals surface area contributed by atoms with Crippen LogP contribution in [-0.4, -0.2) is 32.1 Å². The Kier molecular flexibility index (Phi) is 4.92. The van der Waals surface area contributed by atoms with Crippen molar-refractivity contribution in [2.24, 2.45) is 0 Å². The number of aromatic carboxylic acids is 1. The molecule has 2 aromatic heterocycles. The highest BCUT2D eigenvalue weighted by Gasteiger charge is 2.14. The second-order valence-corrected chi connectivity index (χ2v) is 6.46. The van der Waals surface area contributed by atoms with Crippen molar-refractivity contribution in [3.63, 3.8) is 0 Å². The summed E-state index contributed by atoms with van der Waals surface area (Å²) in [4.78, 5) is 30.9. The number of aliphatic carboxylic acids is 1. The smallest absolute Gasteiger partial charge is 0.337 e. The number of rotatable bonds is 6. The molecule has 0 saturated heterocycles. The van der Waals surface area contributed by atoms with E-state index >= 15 is 0 Å². The molecule has 2 rings (SSSR count). The lowest BCUT2D eigenvalue weighted by Crippen LogP contribution is -2.03. The third-order valence-corrected chi connectivity index (χ3v) is 4.95. The molecule has 110 valence electrons. The molecule has 21 heavy (non-hydrogen) atoms. The first kappa shape index (κ1) is 15.5. The lowest BCUT2D eigenvalue weighted by molar-refractivity contribution is -0.136. The highest BCUT2D eigenvalue weighted by molar-refractivity contribution is 8.00.